The lowest BCUT2D eigenvalue weighted by Gasteiger charge is -2.02. The SMILES string of the molecule is CCOC(=O)c1ncc2scnc2c1O. The molecule has 0 spiro atoms. The largest absolute Gasteiger partial charge is 0.504 e. The van der Waals surface area contributed by atoms with Gasteiger partial charge in [-0.2, -0.15) is 0 Å². The van der Waals surface area contributed by atoms with E-state index in [0.29, 0.717) is 5.52 Å². The first-order valence-corrected chi connectivity index (χ1v) is 5.20. The summed E-state index contributed by atoms with van der Waals surface area (Å²) >= 11 is 1.35. The van der Waals surface area contributed by atoms with Gasteiger partial charge in [0.2, 0.25) is 0 Å². The lowest BCUT2D eigenvalue weighted by atomic mass is 10.3. The number of thiazole rings is 1. The van der Waals surface area contributed by atoms with Crippen molar-refractivity contribution in [2.75, 3.05) is 6.61 Å². The number of rotatable bonds is 2. The van der Waals surface area contributed by atoms with Gasteiger partial charge in [-0.1, -0.05) is 0 Å². The molecule has 0 aliphatic carbocycles. The number of carbonyl (C=O) groups is 1. The van der Waals surface area contributed by atoms with E-state index in [4.69, 9.17) is 4.74 Å². The van der Waals surface area contributed by atoms with E-state index in [9.17, 15) is 9.90 Å². The Morgan fingerprint density at radius 3 is 3.13 bits per heavy atom. The second-order valence-corrected chi connectivity index (χ2v) is 3.63. The molecule has 6 heteroatoms. The van der Waals surface area contributed by atoms with Crippen molar-refractivity contribution in [3.63, 3.8) is 0 Å². The monoisotopic (exact) mass is 224 g/mol. The van der Waals surface area contributed by atoms with Crippen molar-refractivity contribution >= 4 is 27.5 Å². The second kappa shape index (κ2) is 3.82. The van der Waals surface area contributed by atoms with Crippen molar-refractivity contribution < 1.29 is 14.6 Å². The van der Waals surface area contributed by atoms with E-state index in [1.54, 1.807) is 12.4 Å². The first-order chi connectivity index (χ1) is 7.24. The van der Waals surface area contributed by atoms with E-state index in [1.807, 2.05) is 0 Å². The third-order valence-corrected chi connectivity index (χ3v) is 2.59. The molecule has 2 heterocycles. The van der Waals surface area contributed by atoms with Crippen molar-refractivity contribution in [3.8, 4) is 5.75 Å². The maximum atomic E-state index is 11.4. The minimum Gasteiger partial charge on any atom is -0.504 e. The molecule has 15 heavy (non-hydrogen) atoms. The van der Waals surface area contributed by atoms with Crippen molar-refractivity contribution in [1.29, 1.82) is 0 Å². The van der Waals surface area contributed by atoms with E-state index < -0.39 is 5.97 Å². The third-order valence-electron chi connectivity index (χ3n) is 1.82. The lowest BCUT2D eigenvalue weighted by Crippen LogP contribution is -2.07. The van der Waals surface area contributed by atoms with Gasteiger partial charge in [-0.05, 0) is 6.92 Å². The number of esters is 1. The highest BCUT2D eigenvalue weighted by Crippen LogP contribution is 2.28. The summed E-state index contributed by atoms with van der Waals surface area (Å²) in [7, 11) is 0. The Morgan fingerprint density at radius 2 is 2.40 bits per heavy atom. The summed E-state index contributed by atoms with van der Waals surface area (Å²) in [5.74, 6) is -0.850. The topological polar surface area (TPSA) is 72.3 Å². The molecule has 0 aliphatic rings. The number of ether oxygens (including phenoxy) is 1. The minimum absolute atomic E-state index is 0.0877. The maximum Gasteiger partial charge on any atom is 0.360 e. The van der Waals surface area contributed by atoms with Crippen LogP contribution in [0.5, 0.6) is 5.75 Å². The zero-order valence-electron chi connectivity index (χ0n) is 7.93. The standard InChI is InChI=1S/C9H8N2O3S/c1-2-14-9(13)7-8(12)6-5(3-10-7)15-4-11-6/h3-4,12H,2H2,1H3. The van der Waals surface area contributed by atoms with Gasteiger partial charge in [0.15, 0.2) is 11.4 Å². The average molecular weight is 224 g/mol. The van der Waals surface area contributed by atoms with Crippen molar-refractivity contribution in [1.82, 2.24) is 9.97 Å². The molecule has 0 aromatic carbocycles. The summed E-state index contributed by atoms with van der Waals surface area (Å²) in [6.07, 6.45) is 1.50. The zero-order chi connectivity index (χ0) is 10.8. The van der Waals surface area contributed by atoms with Gasteiger partial charge in [0.25, 0.3) is 0 Å². The molecule has 0 aliphatic heterocycles. The molecule has 5 nitrogen and oxygen atoms in total. The highest BCUT2D eigenvalue weighted by molar-refractivity contribution is 7.16. The maximum absolute atomic E-state index is 11.4. The molecule has 2 aromatic heterocycles. The highest BCUT2D eigenvalue weighted by atomic mass is 32.1. The number of carbonyl (C=O) groups excluding carboxylic acids is 1. The molecule has 0 saturated heterocycles. The molecular formula is C9H8N2O3S. The molecular weight excluding hydrogens is 216 g/mol. The summed E-state index contributed by atoms with van der Waals surface area (Å²) in [5, 5.41) is 9.72. The quantitative estimate of drug-likeness (QED) is 0.784. The van der Waals surface area contributed by atoms with Crippen LogP contribution in [0.2, 0.25) is 0 Å². The minimum atomic E-state index is -0.634. The first-order valence-electron chi connectivity index (χ1n) is 4.32. The van der Waals surface area contributed by atoms with Gasteiger partial charge in [-0.3, -0.25) is 0 Å². The number of fused-ring (bicyclic) bond motifs is 1. The van der Waals surface area contributed by atoms with Crippen LogP contribution in [0.15, 0.2) is 11.7 Å². The van der Waals surface area contributed by atoms with E-state index in [-0.39, 0.29) is 18.1 Å². The molecule has 0 saturated carbocycles. The van der Waals surface area contributed by atoms with Gasteiger partial charge < -0.3 is 9.84 Å². The molecule has 0 unspecified atom stereocenters. The second-order valence-electron chi connectivity index (χ2n) is 2.74. The van der Waals surface area contributed by atoms with Crippen LogP contribution in [0.1, 0.15) is 17.4 Å². The summed E-state index contributed by atoms with van der Waals surface area (Å²) in [5.41, 5.74) is 1.88. The predicted molar refractivity (Wildman–Crippen MR) is 55.0 cm³/mol. The van der Waals surface area contributed by atoms with Gasteiger partial charge in [0.1, 0.15) is 5.52 Å². The smallest absolute Gasteiger partial charge is 0.360 e. The molecule has 0 fully saturated rings. The average Bonchev–Trinajstić information content (AvgIpc) is 2.67. The number of hydrogen-bond donors (Lipinski definition) is 1. The van der Waals surface area contributed by atoms with Crippen LogP contribution < -0.4 is 0 Å². The van der Waals surface area contributed by atoms with Gasteiger partial charge in [0.05, 0.1) is 16.8 Å². The summed E-state index contributed by atoms with van der Waals surface area (Å²) in [6.45, 7) is 1.94. The molecule has 0 bridgehead atoms. The lowest BCUT2D eigenvalue weighted by molar-refractivity contribution is 0.0516. The Balaban J connectivity index is 2.52. The summed E-state index contributed by atoms with van der Waals surface area (Å²) in [6, 6.07) is 0. The van der Waals surface area contributed by atoms with E-state index >= 15 is 0 Å². The van der Waals surface area contributed by atoms with Crippen LogP contribution in [-0.2, 0) is 4.74 Å². The van der Waals surface area contributed by atoms with Gasteiger partial charge in [-0.25, -0.2) is 14.8 Å². The third kappa shape index (κ3) is 1.63. The number of nitrogens with zero attached hydrogens (tertiary/aromatic N) is 2. The normalized spacial score (nSPS) is 10.5. The highest BCUT2D eigenvalue weighted by Gasteiger charge is 2.17. The Morgan fingerprint density at radius 1 is 1.60 bits per heavy atom. The van der Waals surface area contributed by atoms with Crippen molar-refractivity contribution in [2.45, 2.75) is 6.92 Å². The van der Waals surface area contributed by atoms with E-state index in [1.165, 1.54) is 17.5 Å². The molecule has 1 N–H and O–H groups in total. The molecule has 2 rings (SSSR count). The molecule has 0 radical (unpaired) electrons. The Labute approximate surface area is 89.4 Å². The number of aromatic nitrogens is 2. The fourth-order valence-corrected chi connectivity index (χ4v) is 1.82. The van der Waals surface area contributed by atoms with Crippen LogP contribution in [0.3, 0.4) is 0 Å². The van der Waals surface area contributed by atoms with Crippen molar-refractivity contribution in [3.05, 3.63) is 17.4 Å². The predicted octanol–water partition coefficient (Wildman–Crippen LogP) is 1.57. The van der Waals surface area contributed by atoms with Crippen LogP contribution in [-0.4, -0.2) is 27.7 Å². The number of aromatic hydroxyl groups is 1. The van der Waals surface area contributed by atoms with Crippen LogP contribution in [0, 0.1) is 0 Å². The molecule has 0 amide bonds. The van der Waals surface area contributed by atoms with E-state index in [2.05, 4.69) is 9.97 Å². The summed E-state index contributed by atoms with van der Waals surface area (Å²) < 4.78 is 5.49. The van der Waals surface area contributed by atoms with Crippen LogP contribution in [0.4, 0.5) is 0 Å². The zero-order valence-corrected chi connectivity index (χ0v) is 8.74. The van der Waals surface area contributed by atoms with Crippen LogP contribution >= 0.6 is 11.3 Å². The first kappa shape index (κ1) is 9.85. The Kier molecular flexibility index (Phi) is 2.51. The Hall–Kier alpha value is -1.69. The number of hydrogen-bond acceptors (Lipinski definition) is 6. The number of pyridine rings is 1. The van der Waals surface area contributed by atoms with Crippen LogP contribution in [0.25, 0.3) is 10.2 Å². The van der Waals surface area contributed by atoms with Crippen molar-refractivity contribution in [2.24, 2.45) is 0 Å². The van der Waals surface area contributed by atoms with Gasteiger partial charge in [0, 0.05) is 6.20 Å². The molecule has 0 atom stereocenters. The molecule has 78 valence electrons. The fourth-order valence-electron chi connectivity index (χ4n) is 1.17. The van der Waals surface area contributed by atoms with E-state index in [0.717, 1.165) is 4.70 Å². The Bertz CT molecular complexity index is 509. The fraction of sp³-hybridized carbons (Fsp3) is 0.222. The summed E-state index contributed by atoms with van der Waals surface area (Å²) in [4.78, 5) is 19.1. The van der Waals surface area contributed by atoms with Gasteiger partial charge in [-0.15, -0.1) is 11.3 Å². The molecule has 2 aromatic rings. The van der Waals surface area contributed by atoms with Gasteiger partial charge >= 0.3 is 5.97 Å².